The number of hydrogen-bond acceptors (Lipinski definition) is 3. The van der Waals surface area contributed by atoms with Crippen LogP contribution in [-0.4, -0.2) is 34.8 Å². The van der Waals surface area contributed by atoms with E-state index in [4.69, 9.17) is 0 Å². The highest BCUT2D eigenvalue weighted by atomic mass is 19.4. The lowest BCUT2D eigenvalue weighted by molar-refractivity contribution is -0.137. The van der Waals surface area contributed by atoms with E-state index >= 15 is 0 Å². The Morgan fingerprint density at radius 3 is 2.46 bits per heavy atom. The van der Waals surface area contributed by atoms with Gasteiger partial charge in [-0.2, -0.15) is 18.3 Å². The van der Waals surface area contributed by atoms with E-state index in [1.165, 1.54) is 12.1 Å². The Balaban J connectivity index is 1.49. The molecule has 1 aliphatic heterocycles. The summed E-state index contributed by atoms with van der Waals surface area (Å²) in [5, 5.41) is 6.95. The fourth-order valence-electron chi connectivity index (χ4n) is 2.62. The van der Waals surface area contributed by atoms with Crippen molar-refractivity contribution in [1.29, 1.82) is 0 Å². The molecular weight excluding hydrogens is 321 g/mol. The Hall–Kier alpha value is -2.51. The van der Waals surface area contributed by atoms with E-state index in [0.29, 0.717) is 13.1 Å². The molecule has 0 aliphatic carbocycles. The molecular formula is C16H17F3N4O. The van der Waals surface area contributed by atoms with Crippen molar-refractivity contribution >= 4 is 11.6 Å². The summed E-state index contributed by atoms with van der Waals surface area (Å²) < 4.78 is 39.2. The first-order valence-electron chi connectivity index (χ1n) is 7.53. The number of halogens is 3. The summed E-state index contributed by atoms with van der Waals surface area (Å²) in [5.74, 6) is -0.126. The molecule has 1 aromatic heterocycles. The summed E-state index contributed by atoms with van der Waals surface area (Å²) in [5.41, 5.74) is 0.966. The molecule has 8 heteroatoms. The van der Waals surface area contributed by atoms with Gasteiger partial charge in [0.1, 0.15) is 6.54 Å². The van der Waals surface area contributed by atoms with Gasteiger partial charge in [-0.1, -0.05) is 0 Å². The predicted octanol–water partition coefficient (Wildman–Crippen LogP) is 2.22. The fourth-order valence-corrected chi connectivity index (χ4v) is 2.62. The lowest BCUT2D eigenvalue weighted by atomic mass is 10.1. The molecule has 0 atom stereocenters. The number of nitrogens with one attached hydrogen (secondary N) is 1. The highest BCUT2D eigenvalue weighted by Crippen LogP contribution is 2.31. The van der Waals surface area contributed by atoms with Crippen LogP contribution >= 0.6 is 0 Å². The number of anilines is 1. The number of rotatable bonds is 4. The van der Waals surface area contributed by atoms with Gasteiger partial charge in [0.15, 0.2) is 0 Å². The third-order valence-electron chi connectivity index (χ3n) is 4.03. The van der Waals surface area contributed by atoms with E-state index in [2.05, 4.69) is 10.4 Å². The third-order valence-corrected chi connectivity index (χ3v) is 4.03. The lowest BCUT2D eigenvalue weighted by Gasteiger charge is -2.41. The number of aromatic nitrogens is 2. The van der Waals surface area contributed by atoms with E-state index in [-0.39, 0.29) is 18.5 Å². The van der Waals surface area contributed by atoms with E-state index in [1.54, 1.807) is 10.9 Å². The number of nitrogens with zero attached hydrogens (tertiary/aromatic N) is 3. The molecule has 0 radical (unpaired) electrons. The first kappa shape index (κ1) is 16.4. The Morgan fingerprint density at radius 2 is 1.92 bits per heavy atom. The highest BCUT2D eigenvalue weighted by Gasteiger charge is 2.32. The summed E-state index contributed by atoms with van der Waals surface area (Å²) in [4.78, 5) is 13.9. The van der Waals surface area contributed by atoms with Crippen LogP contribution in [0.25, 0.3) is 0 Å². The van der Waals surface area contributed by atoms with E-state index in [9.17, 15) is 18.0 Å². The molecule has 0 saturated carbocycles. The number of carbonyl (C=O) groups is 1. The van der Waals surface area contributed by atoms with Crippen LogP contribution in [0.3, 0.4) is 0 Å². The maximum atomic E-state index is 12.5. The van der Waals surface area contributed by atoms with Crippen LogP contribution in [0, 0.1) is 6.92 Å². The van der Waals surface area contributed by atoms with Gasteiger partial charge in [0, 0.05) is 30.7 Å². The number of alkyl halides is 3. The molecule has 3 rings (SSSR count). The van der Waals surface area contributed by atoms with E-state index in [1.807, 2.05) is 17.9 Å². The zero-order valence-corrected chi connectivity index (χ0v) is 13.0. The molecule has 24 heavy (non-hydrogen) atoms. The maximum Gasteiger partial charge on any atom is 0.416 e. The zero-order chi connectivity index (χ0) is 17.3. The van der Waals surface area contributed by atoms with Crippen molar-refractivity contribution in [3.8, 4) is 0 Å². The second-order valence-electron chi connectivity index (χ2n) is 5.84. The second kappa shape index (κ2) is 6.18. The van der Waals surface area contributed by atoms with Gasteiger partial charge in [-0.25, -0.2) is 0 Å². The van der Waals surface area contributed by atoms with Gasteiger partial charge in [-0.15, -0.1) is 0 Å². The Kier molecular flexibility index (Phi) is 4.21. The minimum Gasteiger partial charge on any atom is -0.367 e. The predicted molar refractivity (Wildman–Crippen MR) is 82.6 cm³/mol. The smallest absolute Gasteiger partial charge is 0.367 e. The van der Waals surface area contributed by atoms with Gasteiger partial charge in [-0.05, 0) is 37.3 Å². The van der Waals surface area contributed by atoms with E-state index < -0.39 is 11.7 Å². The number of hydrogen-bond donors (Lipinski definition) is 1. The van der Waals surface area contributed by atoms with E-state index in [0.717, 1.165) is 23.5 Å². The van der Waals surface area contributed by atoms with Crippen LogP contribution in [-0.2, 0) is 17.5 Å². The van der Waals surface area contributed by atoms with Crippen LogP contribution < -0.4 is 10.2 Å². The molecule has 128 valence electrons. The van der Waals surface area contributed by atoms with Gasteiger partial charge < -0.3 is 10.2 Å². The van der Waals surface area contributed by atoms with Gasteiger partial charge in [0.25, 0.3) is 0 Å². The minimum absolute atomic E-state index is 0.00402. The van der Waals surface area contributed by atoms with Crippen LogP contribution in [0.15, 0.2) is 36.5 Å². The molecule has 0 bridgehead atoms. The first-order chi connectivity index (χ1) is 11.3. The van der Waals surface area contributed by atoms with Gasteiger partial charge in [0.2, 0.25) is 5.91 Å². The van der Waals surface area contributed by atoms with Crippen molar-refractivity contribution in [2.75, 3.05) is 18.0 Å². The number of carbonyl (C=O) groups excluding carboxylic acids is 1. The number of aryl methyl sites for hydroxylation is 1. The second-order valence-corrected chi connectivity index (χ2v) is 5.84. The van der Waals surface area contributed by atoms with Crippen LogP contribution in [0.4, 0.5) is 18.9 Å². The van der Waals surface area contributed by atoms with Crippen molar-refractivity contribution < 1.29 is 18.0 Å². The van der Waals surface area contributed by atoms with Crippen LogP contribution in [0.5, 0.6) is 0 Å². The Labute approximate surface area is 137 Å². The highest BCUT2D eigenvalue weighted by molar-refractivity contribution is 5.76. The van der Waals surface area contributed by atoms with Crippen molar-refractivity contribution in [1.82, 2.24) is 15.1 Å². The molecule has 1 aromatic carbocycles. The molecule has 1 fully saturated rings. The molecule has 1 N–H and O–H groups in total. The molecule has 2 heterocycles. The average molecular weight is 338 g/mol. The molecule has 1 amide bonds. The fraction of sp³-hybridized carbons (Fsp3) is 0.375. The Morgan fingerprint density at radius 1 is 1.25 bits per heavy atom. The first-order valence-corrected chi connectivity index (χ1v) is 7.53. The lowest BCUT2D eigenvalue weighted by Crippen LogP contribution is -2.59. The van der Waals surface area contributed by atoms with Gasteiger partial charge in [0.05, 0.1) is 11.6 Å². The summed E-state index contributed by atoms with van der Waals surface area (Å²) in [7, 11) is 0. The summed E-state index contributed by atoms with van der Waals surface area (Å²) in [6.45, 7) is 3.19. The third kappa shape index (κ3) is 3.52. The molecule has 5 nitrogen and oxygen atoms in total. The zero-order valence-electron chi connectivity index (χ0n) is 13.0. The standard InChI is InChI=1S/C16H17F3N4O/c1-11-6-7-20-23(11)10-15(24)21-13-8-22(9-13)14-4-2-12(3-5-14)16(17,18)19/h2-7,13H,8-10H2,1H3,(H,21,24). The molecule has 0 spiro atoms. The summed E-state index contributed by atoms with van der Waals surface area (Å²) >= 11 is 0. The molecule has 1 saturated heterocycles. The molecule has 0 unspecified atom stereocenters. The quantitative estimate of drug-likeness (QED) is 0.930. The van der Waals surface area contributed by atoms with Crippen molar-refractivity contribution in [2.45, 2.75) is 25.7 Å². The normalized spacial score (nSPS) is 15.2. The monoisotopic (exact) mass is 338 g/mol. The largest absolute Gasteiger partial charge is 0.416 e. The molecule has 2 aromatic rings. The SMILES string of the molecule is Cc1ccnn1CC(=O)NC1CN(c2ccc(C(F)(F)F)cc2)C1. The van der Waals surface area contributed by atoms with Gasteiger partial charge in [-0.3, -0.25) is 9.48 Å². The minimum atomic E-state index is -4.32. The van der Waals surface area contributed by atoms with Crippen molar-refractivity contribution in [3.63, 3.8) is 0 Å². The average Bonchev–Trinajstić information content (AvgIpc) is 2.87. The number of amides is 1. The van der Waals surface area contributed by atoms with Crippen LogP contribution in [0.2, 0.25) is 0 Å². The van der Waals surface area contributed by atoms with Gasteiger partial charge >= 0.3 is 6.18 Å². The Bertz CT molecular complexity index is 718. The molecule has 1 aliphatic rings. The summed E-state index contributed by atoms with van der Waals surface area (Å²) in [6.07, 6.45) is -2.69. The topological polar surface area (TPSA) is 50.2 Å². The maximum absolute atomic E-state index is 12.5. The summed E-state index contributed by atoms with van der Waals surface area (Å²) in [6, 6.07) is 6.87. The number of benzene rings is 1. The van der Waals surface area contributed by atoms with Crippen molar-refractivity contribution in [2.24, 2.45) is 0 Å². The van der Waals surface area contributed by atoms with Crippen LogP contribution in [0.1, 0.15) is 11.3 Å². The van der Waals surface area contributed by atoms with Crippen molar-refractivity contribution in [3.05, 3.63) is 47.8 Å².